The number of nitrogens with zero attached hydrogens (tertiary/aromatic N) is 4. The zero-order valence-corrected chi connectivity index (χ0v) is 14.4. The fourth-order valence-electron chi connectivity index (χ4n) is 2.99. The minimum atomic E-state index is -4.55. The Morgan fingerprint density at radius 1 is 1.19 bits per heavy atom. The molecule has 0 saturated carbocycles. The number of rotatable bonds is 2. The molecule has 1 N–H and O–H groups in total. The number of nitrogens with one attached hydrogen (secondary N) is 1. The number of halogens is 3. The summed E-state index contributed by atoms with van der Waals surface area (Å²) >= 11 is 0. The first-order valence-corrected chi connectivity index (χ1v) is 8.03. The molecule has 138 valence electrons. The van der Waals surface area contributed by atoms with Crippen LogP contribution in [0.15, 0.2) is 42.7 Å². The molecule has 0 aliphatic rings. The number of fused-ring (bicyclic) bond motifs is 2. The van der Waals surface area contributed by atoms with Crippen LogP contribution in [0.2, 0.25) is 0 Å². The van der Waals surface area contributed by atoms with E-state index < -0.39 is 17.9 Å². The summed E-state index contributed by atoms with van der Waals surface area (Å²) in [7, 11) is 1.30. The van der Waals surface area contributed by atoms with E-state index in [-0.39, 0.29) is 11.2 Å². The van der Waals surface area contributed by atoms with E-state index in [0.29, 0.717) is 16.9 Å². The average Bonchev–Trinajstić information content (AvgIpc) is 3.17. The van der Waals surface area contributed by atoms with Crippen LogP contribution in [0.5, 0.6) is 0 Å². The molecule has 27 heavy (non-hydrogen) atoms. The number of aromatic nitrogens is 4. The summed E-state index contributed by atoms with van der Waals surface area (Å²) in [6.07, 6.45) is -1.17. The molecule has 0 unspecified atom stereocenters. The Morgan fingerprint density at radius 3 is 2.67 bits per heavy atom. The van der Waals surface area contributed by atoms with Crippen LogP contribution >= 0.6 is 0 Å². The van der Waals surface area contributed by atoms with Gasteiger partial charge in [0.15, 0.2) is 0 Å². The van der Waals surface area contributed by atoms with Crippen LogP contribution in [0.25, 0.3) is 16.7 Å². The summed E-state index contributed by atoms with van der Waals surface area (Å²) < 4.78 is 41.7. The number of anilines is 1. The largest absolute Gasteiger partial charge is 0.449 e. The van der Waals surface area contributed by atoms with Crippen molar-refractivity contribution in [2.24, 2.45) is 7.05 Å². The second-order valence-electron chi connectivity index (χ2n) is 6.20. The summed E-state index contributed by atoms with van der Waals surface area (Å²) in [5.74, 6) is -1.44. The molecule has 4 rings (SSSR count). The highest BCUT2D eigenvalue weighted by Gasteiger charge is 2.36. The molecular formula is C18H14F3N5O. The highest BCUT2D eigenvalue weighted by Crippen LogP contribution is 2.31. The lowest BCUT2D eigenvalue weighted by atomic mass is 10.2. The maximum Gasteiger partial charge on any atom is 0.449 e. The van der Waals surface area contributed by atoms with Gasteiger partial charge in [-0.2, -0.15) is 13.2 Å². The molecular weight excluding hydrogens is 359 g/mol. The molecule has 1 aromatic carbocycles. The fourth-order valence-corrected chi connectivity index (χ4v) is 2.99. The summed E-state index contributed by atoms with van der Waals surface area (Å²) in [6, 6.07) is 8.16. The van der Waals surface area contributed by atoms with Gasteiger partial charge in [-0.3, -0.25) is 4.79 Å². The van der Waals surface area contributed by atoms with Crippen molar-refractivity contribution in [2.45, 2.75) is 13.1 Å². The number of pyridine rings is 1. The first-order chi connectivity index (χ1) is 12.7. The second kappa shape index (κ2) is 5.83. The maximum atomic E-state index is 13.0. The summed E-state index contributed by atoms with van der Waals surface area (Å²) in [6.45, 7) is 1.89. The van der Waals surface area contributed by atoms with Crippen LogP contribution in [-0.2, 0) is 13.2 Å². The SMILES string of the molecule is Cc1cccn2cc(C(=O)Nc3ccc4c(c3)nc(C(F)(F)F)n4C)nc12. The summed E-state index contributed by atoms with van der Waals surface area (Å²) in [5.41, 5.74) is 2.61. The van der Waals surface area contributed by atoms with E-state index in [0.717, 1.165) is 10.1 Å². The van der Waals surface area contributed by atoms with Crippen molar-refractivity contribution < 1.29 is 18.0 Å². The molecule has 6 nitrogen and oxygen atoms in total. The number of alkyl halides is 3. The number of imidazole rings is 2. The van der Waals surface area contributed by atoms with Crippen molar-refractivity contribution in [1.29, 1.82) is 0 Å². The average molecular weight is 373 g/mol. The van der Waals surface area contributed by atoms with Gasteiger partial charge < -0.3 is 14.3 Å². The molecule has 0 radical (unpaired) electrons. The monoisotopic (exact) mass is 373 g/mol. The van der Waals surface area contributed by atoms with E-state index in [1.54, 1.807) is 16.8 Å². The molecule has 9 heteroatoms. The van der Waals surface area contributed by atoms with Gasteiger partial charge in [-0.05, 0) is 36.8 Å². The highest BCUT2D eigenvalue weighted by atomic mass is 19.4. The predicted molar refractivity (Wildman–Crippen MR) is 93.6 cm³/mol. The van der Waals surface area contributed by atoms with E-state index >= 15 is 0 Å². The van der Waals surface area contributed by atoms with Crippen LogP contribution in [0.3, 0.4) is 0 Å². The lowest BCUT2D eigenvalue weighted by molar-refractivity contribution is -0.146. The number of aryl methyl sites for hydroxylation is 2. The van der Waals surface area contributed by atoms with E-state index in [4.69, 9.17) is 0 Å². The van der Waals surface area contributed by atoms with Gasteiger partial charge in [0, 0.05) is 25.1 Å². The normalized spacial score (nSPS) is 12.0. The van der Waals surface area contributed by atoms with Crippen molar-refractivity contribution in [3.05, 3.63) is 59.8 Å². The van der Waals surface area contributed by atoms with E-state index in [1.165, 1.54) is 25.2 Å². The molecule has 0 fully saturated rings. The van der Waals surface area contributed by atoms with Crippen molar-refractivity contribution in [3.8, 4) is 0 Å². The standard InChI is InChI=1S/C18H14F3N5O/c1-10-4-3-7-26-9-13(23-15(10)26)16(27)22-11-5-6-14-12(8-11)24-17(25(14)2)18(19,20)21/h3-9H,1-2H3,(H,22,27). The summed E-state index contributed by atoms with van der Waals surface area (Å²) in [5, 5.41) is 2.65. The molecule has 0 aliphatic heterocycles. The third-order valence-electron chi connectivity index (χ3n) is 4.30. The van der Waals surface area contributed by atoms with Crippen LogP contribution < -0.4 is 5.32 Å². The molecule has 1 amide bonds. The van der Waals surface area contributed by atoms with Crippen molar-refractivity contribution in [1.82, 2.24) is 18.9 Å². The van der Waals surface area contributed by atoms with Crippen LogP contribution in [0.4, 0.5) is 18.9 Å². The van der Waals surface area contributed by atoms with Crippen molar-refractivity contribution in [2.75, 3.05) is 5.32 Å². The highest BCUT2D eigenvalue weighted by molar-refractivity contribution is 6.04. The van der Waals surface area contributed by atoms with Gasteiger partial charge in [-0.15, -0.1) is 0 Å². The van der Waals surface area contributed by atoms with Crippen molar-refractivity contribution >= 4 is 28.3 Å². The van der Waals surface area contributed by atoms with Gasteiger partial charge in [0.05, 0.1) is 11.0 Å². The topological polar surface area (TPSA) is 64.2 Å². The molecule has 3 heterocycles. The van der Waals surface area contributed by atoms with Crippen molar-refractivity contribution in [3.63, 3.8) is 0 Å². The predicted octanol–water partition coefficient (Wildman–Crippen LogP) is 3.80. The summed E-state index contributed by atoms with van der Waals surface area (Å²) in [4.78, 5) is 20.4. The molecule has 0 saturated heterocycles. The second-order valence-corrected chi connectivity index (χ2v) is 6.20. The Bertz CT molecular complexity index is 1190. The number of carbonyl (C=O) groups is 1. The Hall–Kier alpha value is -3.36. The van der Waals surface area contributed by atoms with Crippen LogP contribution in [0.1, 0.15) is 21.9 Å². The quantitative estimate of drug-likeness (QED) is 0.581. The zero-order valence-electron chi connectivity index (χ0n) is 14.4. The molecule has 0 aliphatic carbocycles. The maximum absolute atomic E-state index is 13.0. The number of amides is 1. The molecule has 0 bridgehead atoms. The molecule has 4 aromatic rings. The van der Waals surface area contributed by atoms with E-state index in [9.17, 15) is 18.0 Å². The number of benzene rings is 1. The fraction of sp³-hybridized carbons (Fsp3) is 0.167. The third kappa shape index (κ3) is 2.90. The number of carbonyl (C=O) groups excluding carboxylic acids is 1. The minimum absolute atomic E-state index is 0.147. The van der Waals surface area contributed by atoms with E-state index in [1.807, 2.05) is 19.1 Å². The van der Waals surface area contributed by atoms with Gasteiger partial charge in [-0.25, -0.2) is 9.97 Å². The Balaban J connectivity index is 1.66. The van der Waals surface area contributed by atoms with Gasteiger partial charge in [0.2, 0.25) is 5.82 Å². The third-order valence-corrected chi connectivity index (χ3v) is 4.30. The zero-order chi connectivity index (χ0) is 19.3. The Morgan fingerprint density at radius 2 is 1.96 bits per heavy atom. The number of hydrogen-bond donors (Lipinski definition) is 1. The number of hydrogen-bond acceptors (Lipinski definition) is 3. The Labute approximate surface area is 151 Å². The van der Waals surface area contributed by atoms with Crippen LogP contribution in [-0.4, -0.2) is 24.8 Å². The van der Waals surface area contributed by atoms with Gasteiger partial charge in [0.25, 0.3) is 5.91 Å². The van der Waals surface area contributed by atoms with Gasteiger partial charge >= 0.3 is 6.18 Å². The molecule has 3 aromatic heterocycles. The van der Waals surface area contributed by atoms with Gasteiger partial charge in [-0.1, -0.05) is 6.07 Å². The lowest BCUT2D eigenvalue weighted by Crippen LogP contribution is -2.12. The molecule has 0 atom stereocenters. The van der Waals surface area contributed by atoms with E-state index in [2.05, 4.69) is 15.3 Å². The first kappa shape index (κ1) is 17.1. The minimum Gasteiger partial charge on any atom is -0.323 e. The smallest absolute Gasteiger partial charge is 0.323 e. The Kier molecular flexibility index (Phi) is 3.69. The van der Waals surface area contributed by atoms with Gasteiger partial charge in [0.1, 0.15) is 11.3 Å². The lowest BCUT2D eigenvalue weighted by Gasteiger charge is -2.05. The first-order valence-electron chi connectivity index (χ1n) is 8.03. The molecule has 0 spiro atoms. The van der Waals surface area contributed by atoms with Crippen LogP contribution in [0, 0.1) is 6.92 Å².